The van der Waals surface area contributed by atoms with E-state index in [9.17, 15) is 18.0 Å². The Kier molecular flexibility index (Phi) is 11.7. The van der Waals surface area contributed by atoms with E-state index in [2.05, 4.69) is 5.32 Å². The molecule has 0 heterocycles. The van der Waals surface area contributed by atoms with Crippen molar-refractivity contribution >= 4 is 50.7 Å². The first-order valence-electron chi connectivity index (χ1n) is 14.7. The standard InChI is InChI=1S/C35H37Cl2N3O5S/c1-24(2)38-35(42)32(20-26-10-6-5-7-11-26)39(22-27-12-8-9-13-30(27)37)34(41)23-40(31-21-28(36)16-19-33(31)45-4)46(43,44)29-17-14-25(3)15-18-29/h5-19,21,24,32H,20,22-23H2,1-4H3,(H,38,42)/t32-/m0/s1. The number of nitrogens with zero attached hydrogens (tertiary/aromatic N) is 2. The van der Waals surface area contributed by atoms with Crippen molar-refractivity contribution in [2.45, 2.75) is 50.7 Å². The molecule has 0 aliphatic heterocycles. The Labute approximate surface area is 280 Å². The molecule has 46 heavy (non-hydrogen) atoms. The molecule has 0 saturated carbocycles. The number of benzene rings is 4. The number of carbonyl (C=O) groups is 2. The molecule has 0 unspecified atom stereocenters. The van der Waals surface area contributed by atoms with Crippen molar-refractivity contribution in [1.82, 2.24) is 10.2 Å². The Balaban J connectivity index is 1.86. The number of methoxy groups -OCH3 is 1. The molecule has 0 aromatic heterocycles. The summed E-state index contributed by atoms with van der Waals surface area (Å²) < 4.78 is 35.1. The van der Waals surface area contributed by atoms with Crippen LogP contribution in [0.3, 0.4) is 0 Å². The minimum atomic E-state index is -4.33. The fourth-order valence-corrected chi connectivity index (χ4v) is 6.73. The summed E-state index contributed by atoms with van der Waals surface area (Å²) >= 11 is 12.9. The molecule has 2 amide bonds. The predicted octanol–water partition coefficient (Wildman–Crippen LogP) is 6.67. The van der Waals surface area contributed by atoms with Gasteiger partial charge in [-0.3, -0.25) is 13.9 Å². The highest BCUT2D eigenvalue weighted by atomic mass is 35.5. The average Bonchev–Trinajstić information content (AvgIpc) is 3.02. The zero-order valence-electron chi connectivity index (χ0n) is 26.1. The first-order valence-corrected chi connectivity index (χ1v) is 16.9. The maximum atomic E-state index is 14.6. The lowest BCUT2D eigenvalue weighted by Gasteiger charge is -2.34. The summed E-state index contributed by atoms with van der Waals surface area (Å²) in [5, 5.41) is 3.59. The van der Waals surface area contributed by atoms with Crippen molar-refractivity contribution in [3.8, 4) is 5.75 Å². The molecule has 4 aromatic carbocycles. The predicted molar refractivity (Wildman–Crippen MR) is 183 cm³/mol. The van der Waals surface area contributed by atoms with Crippen LogP contribution in [0.25, 0.3) is 0 Å². The number of carbonyl (C=O) groups excluding carboxylic acids is 2. The highest BCUT2D eigenvalue weighted by Gasteiger charge is 2.36. The molecule has 0 saturated heterocycles. The number of rotatable bonds is 13. The summed E-state index contributed by atoms with van der Waals surface area (Å²) in [5.74, 6) is -0.811. The van der Waals surface area contributed by atoms with Crippen LogP contribution in [0.5, 0.6) is 5.75 Å². The highest BCUT2D eigenvalue weighted by molar-refractivity contribution is 7.92. The van der Waals surface area contributed by atoms with Gasteiger partial charge in [-0.2, -0.15) is 0 Å². The van der Waals surface area contributed by atoms with Crippen molar-refractivity contribution < 1.29 is 22.7 Å². The molecule has 0 fully saturated rings. The number of nitrogens with one attached hydrogen (secondary N) is 1. The van der Waals surface area contributed by atoms with E-state index in [1.54, 1.807) is 42.5 Å². The lowest BCUT2D eigenvalue weighted by molar-refractivity contribution is -0.140. The Hall–Kier alpha value is -4.05. The zero-order valence-corrected chi connectivity index (χ0v) is 28.4. The van der Waals surface area contributed by atoms with Crippen molar-refractivity contribution in [2.75, 3.05) is 18.0 Å². The fourth-order valence-electron chi connectivity index (χ4n) is 4.95. The van der Waals surface area contributed by atoms with E-state index in [0.29, 0.717) is 10.6 Å². The molecule has 0 radical (unpaired) electrons. The van der Waals surface area contributed by atoms with Gasteiger partial charge in [0.05, 0.1) is 17.7 Å². The molecule has 0 aliphatic carbocycles. The summed E-state index contributed by atoms with van der Waals surface area (Å²) in [6.07, 6.45) is 0.181. The summed E-state index contributed by atoms with van der Waals surface area (Å²) in [4.78, 5) is 29.8. The van der Waals surface area contributed by atoms with Gasteiger partial charge < -0.3 is 15.0 Å². The van der Waals surface area contributed by atoms with E-state index < -0.39 is 28.5 Å². The Morgan fingerprint density at radius 2 is 1.54 bits per heavy atom. The van der Waals surface area contributed by atoms with Gasteiger partial charge in [-0.05, 0) is 68.3 Å². The van der Waals surface area contributed by atoms with Gasteiger partial charge in [0.15, 0.2) is 0 Å². The third-order valence-corrected chi connectivity index (χ3v) is 9.68. The van der Waals surface area contributed by atoms with Gasteiger partial charge in [0.2, 0.25) is 11.8 Å². The van der Waals surface area contributed by atoms with E-state index >= 15 is 0 Å². The van der Waals surface area contributed by atoms with E-state index in [0.717, 1.165) is 15.4 Å². The molecular weight excluding hydrogens is 645 g/mol. The Morgan fingerprint density at radius 1 is 0.891 bits per heavy atom. The second-order valence-electron chi connectivity index (χ2n) is 11.1. The van der Waals surface area contributed by atoms with E-state index in [4.69, 9.17) is 27.9 Å². The van der Waals surface area contributed by atoms with Gasteiger partial charge in [0.1, 0.15) is 18.3 Å². The number of hydrogen-bond donors (Lipinski definition) is 1. The second kappa shape index (κ2) is 15.5. The van der Waals surface area contributed by atoms with Gasteiger partial charge in [-0.15, -0.1) is 0 Å². The van der Waals surface area contributed by atoms with Crippen molar-refractivity contribution in [3.05, 3.63) is 124 Å². The largest absolute Gasteiger partial charge is 0.495 e. The van der Waals surface area contributed by atoms with Crippen molar-refractivity contribution in [2.24, 2.45) is 0 Å². The number of aryl methyl sites for hydroxylation is 1. The molecular formula is C35H37Cl2N3O5S. The number of sulfonamides is 1. The molecule has 11 heteroatoms. The fraction of sp³-hybridized carbons (Fsp3) is 0.257. The summed E-state index contributed by atoms with van der Waals surface area (Å²) in [5.41, 5.74) is 2.37. The molecule has 4 aromatic rings. The topological polar surface area (TPSA) is 96.0 Å². The van der Waals surface area contributed by atoms with Crippen LogP contribution >= 0.6 is 23.2 Å². The second-order valence-corrected chi connectivity index (χ2v) is 13.8. The first kappa shape index (κ1) is 34.8. The molecule has 242 valence electrons. The maximum absolute atomic E-state index is 14.6. The molecule has 0 aliphatic rings. The van der Waals surface area contributed by atoms with E-state index in [-0.39, 0.29) is 46.3 Å². The number of ether oxygens (including phenoxy) is 1. The van der Waals surface area contributed by atoms with E-state index in [1.807, 2.05) is 51.1 Å². The molecule has 4 rings (SSSR count). The van der Waals surface area contributed by atoms with Crippen LogP contribution in [0, 0.1) is 6.92 Å². The first-order chi connectivity index (χ1) is 21.9. The normalized spacial score (nSPS) is 12.0. The summed E-state index contributed by atoms with van der Waals surface area (Å²) in [7, 11) is -2.93. The summed E-state index contributed by atoms with van der Waals surface area (Å²) in [6.45, 7) is 4.81. The highest BCUT2D eigenvalue weighted by Crippen LogP contribution is 2.35. The molecule has 1 atom stereocenters. The van der Waals surface area contributed by atoms with Gasteiger partial charge in [-0.25, -0.2) is 8.42 Å². The maximum Gasteiger partial charge on any atom is 0.264 e. The Morgan fingerprint density at radius 3 is 2.17 bits per heavy atom. The lowest BCUT2D eigenvalue weighted by atomic mass is 10.0. The zero-order chi connectivity index (χ0) is 33.4. The molecule has 1 N–H and O–H groups in total. The van der Waals surface area contributed by atoms with Crippen molar-refractivity contribution in [1.29, 1.82) is 0 Å². The van der Waals surface area contributed by atoms with Gasteiger partial charge in [-0.1, -0.05) is 89.4 Å². The van der Waals surface area contributed by atoms with Gasteiger partial charge >= 0.3 is 0 Å². The van der Waals surface area contributed by atoms with E-state index in [1.165, 1.54) is 36.3 Å². The van der Waals surface area contributed by atoms with Crippen LogP contribution in [0.15, 0.2) is 102 Å². The van der Waals surface area contributed by atoms with Crippen molar-refractivity contribution in [3.63, 3.8) is 0 Å². The quantitative estimate of drug-likeness (QED) is 0.170. The number of halogens is 2. The Bertz CT molecular complexity index is 1770. The van der Waals surface area contributed by atoms with Crippen LogP contribution < -0.4 is 14.4 Å². The smallest absolute Gasteiger partial charge is 0.264 e. The third-order valence-electron chi connectivity index (χ3n) is 7.30. The van der Waals surface area contributed by atoms with Crippen LogP contribution in [0.4, 0.5) is 5.69 Å². The molecule has 0 bridgehead atoms. The summed E-state index contributed by atoms with van der Waals surface area (Å²) in [6, 6.07) is 26.0. The minimum absolute atomic E-state index is 0.0241. The molecule has 0 spiro atoms. The van der Waals surface area contributed by atoms with Crippen LogP contribution in [0.1, 0.15) is 30.5 Å². The SMILES string of the molecule is COc1ccc(Cl)cc1N(CC(=O)N(Cc1ccccc1Cl)[C@@H](Cc1ccccc1)C(=O)NC(C)C)S(=O)(=O)c1ccc(C)cc1. The monoisotopic (exact) mass is 681 g/mol. The molecule has 8 nitrogen and oxygen atoms in total. The lowest BCUT2D eigenvalue weighted by Crippen LogP contribution is -2.54. The third kappa shape index (κ3) is 8.60. The van der Waals surface area contributed by atoms with Gasteiger partial charge in [0.25, 0.3) is 10.0 Å². The van der Waals surface area contributed by atoms with Gasteiger partial charge in [0, 0.05) is 29.1 Å². The van der Waals surface area contributed by atoms with Crippen LogP contribution in [-0.2, 0) is 32.6 Å². The number of anilines is 1. The van der Waals surface area contributed by atoms with Crippen LogP contribution in [-0.4, -0.2) is 50.9 Å². The average molecular weight is 683 g/mol. The minimum Gasteiger partial charge on any atom is -0.495 e. The number of hydrogen-bond acceptors (Lipinski definition) is 5. The number of amides is 2. The van der Waals surface area contributed by atoms with Crippen LogP contribution in [0.2, 0.25) is 10.0 Å².